The van der Waals surface area contributed by atoms with Gasteiger partial charge in [-0.15, -0.1) is 0 Å². The molecular formula is C22H23F3N4O. The summed E-state index contributed by atoms with van der Waals surface area (Å²) < 4.78 is 45.5. The van der Waals surface area contributed by atoms with E-state index in [1.165, 1.54) is 0 Å². The number of nitrogens with one attached hydrogen (secondary N) is 2. The lowest BCUT2D eigenvalue weighted by Gasteiger charge is -2.20. The number of anilines is 4. The molecule has 3 aromatic rings. The Balaban J connectivity index is 1.89. The first-order chi connectivity index (χ1) is 14.1. The van der Waals surface area contributed by atoms with E-state index in [-0.39, 0.29) is 17.2 Å². The third-order valence-electron chi connectivity index (χ3n) is 4.45. The third kappa shape index (κ3) is 5.20. The molecule has 0 fully saturated rings. The molecule has 0 radical (unpaired) electrons. The Bertz CT molecular complexity index is 995. The van der Waals surface area contributed by atoms with Gasteiger partial charge < -0.3 is 15.4 Å². The number of ether oxygens (including phenoxy) is 1. The summed E-state index contributed by atoms with van der Waals surface area (Å²) in [4.78, 5) is 7.88. The Morgan fingerprint density at radius 2 is 1.40 bits per heavy atom. The van der Waals surface area contributed by atoms with E-state index in [0.717, 1.165) is 11.8 Å². The fraction of sp³-hybridized carbons (Fsp3) is 0.273. The summed E-state index contributed by atoms with van der Waals surface area (Å²) >= 11 is 0. The molecule has 0 spiro atoms. The van der Waals surface area contributed by atoms with Crippen LogP contribution in [0.2, 0.25) is 0 Å². The van der Waals surface area contributed by atoms with E-state index in [1.54, 1.807) is 43.5 Å². The van der Waals surface area contributed by atoms with Crippen LogP contribution in [0.4, 0.5) is 36.3 Å². The number of alkyl halides is 3. The van der Waals surface area contributed by atoms with Crippen molar-refractivity contribution >= 4 is 23.1 Å². The Labute approximate surface area is 173 Å². The van der Waals surface area contributed by atoms with Gasteiger partial charge in [0.25, 0.3) is 0 Å². The molecule has 0 saturated carbocycles. The zero-order valence-corrected chi connectivity index (χ0v) is 17.1. The van der Waals surface area contributed by atoms with Gasteiger partial charge in [-0.25, -0.2) is 4.98 Å². The second-order valence-corrected chi connectivity index (χ2v) is 7.76. The van der Waals surface area contributed by atoms with Crippen LogP contribution in [0.3, 0.4) is 0 Å². The molecule has 1 heterocycles. The summed E-state index contributed by atoms with van der Waals surface area (Å²) in [7, 11) is 1.55. The minimum Gasteiger partial charge on any atom is -0.497 e. The molecule has 0 aliphatic heterocycles. The molecule has 2 aromatic carbocycles. The second-order valence-electron chi connectivity index (χ2n) is 7.76. The van der Waals surface area contributed by atoms with Crippen molar-refractivity contribution < 1.29 is 17.9 Å². The van der Waals surface area contributed by atoms with E-state index in [1.807, 2.05) is 12.1 Å². The van der Waals surface area contributed by atoms with Gasteiger partial charge in [-0.2, -0.15) is 18.2 Å². The molecule has 0 atom stereocenters. The van der Waals surface area contributed by atoms with Gasteiger partial charge in [0, 0.05) is 17.6 Å². The first-order valence-corrected chi connectivity index (χ1v) is 9.29. The van der Waals surface area contributed by atoms with Crippen LogP contribution < -0.4 is 15.4 Å². The van der Waals surface area contributed by atoms with E-state index in [9.17, 15) is 13.2 Å². The van der Waals surface area contributed by atoms with Crippen LogP contribution in [0.25, 0.3) is 0 Å². The molecule has 5 nitrogen and oxygen atoms in total. The maximum absolute atomic E-state index is 13.5. The molecule has 0 unspecified atom stereocenters. The van der Waals surface area contributed by atoms with E-state index in [2.05, 4.69) is 41.4 Å². The van der Waals surface area contributed by atoms with E-state index in [0.29, 0.717) is 17.1 Å². The number of aromatic nitrogens is 2. The van der Waals surface area contributed by atoms with Crippen molar-refractivity contribution in [1.29, 1.82) is 0 Å². The van der Waals surface area contributed by atoms with Gasteiger partial charge in [0.1, 0.15) is 17.1 Å². The monoisotopic (exact) mass is 416 g/mol. The molecule has 0 bridgehead atoms. The Morgan fingerprint density at radius 1 is 0.833 bits per heavy atom. The topological polar surface area (TPSA) is 59.1 Å². The highest BCUT2D eigenvalue weighted by atomic mass is 19.4. The fourth-order valence-electron chi connectivity index (χ4n) is 2.74. The Morgan fingerprint density at radius 3 is 1.93 bits per heavy atom. The van der Waals surface area contributed by atoms with Crippen LogP contribution in [-0.4, -0.2) is 17.1 Å². The molecule has 0 saturated heterocycles. The maximum atomic E-state index is 13.5. The van der Waals surface area contributed by atoms with Crippen LogP contribution in [0.1, 0.15) is 31.9 Å². The zero-order chi connectivity index (χ0) is 21.9. The molecule has 3 rings (SSSR count). The number of benzene rings is 2. The Hall–Kier alpha value is -3.29. The number of halogens is 3. The first-order valence-electron chi connectivity index (χ1n) is 9.29. The van der Waals surface area contributed by atoms with Crippen molar-refractivity contribution in [3.63, 3.8) is 0 Å². The minimum absolute atomic E-state index is 0.0435. The van der Waals surface area contributed by atoms with Crippen LogP contribution in [0.5, 0.6) is 5.75 Å². The lowest BCUT2D eigenvalue weighted by molar-refractivity contribution is -0.137. The predicted octanol–water partition coefficient (Wildman–Crippen LogP) is 6.29. The zero-order valence-electron chi connectivity index (χ0n) is 17.1. The van der Waals surface area contributed by atoms with Crippen molar-refractivity contribution in [2.45, 2.75) is 32.4 Å². The molecule has 30 heavy (non-hydrogen) atoms. The van der Waals surface area contributed by atoms with Gasteiger partial charge in [0.15, 0.2) is 0 Å². The third-order valence-corrected chi connectivity index (χ3v) is 4.45. The number of hydrogen-bond acceptors (Lipinski definition) is 5. The van der Waals surface area contributed by atoms with E-state index in [4.69, 9.17) is 4.74 Å². The molecule has 1 aromatic heterocycles. The molecule has 8 heteroatoms. The van der Waals surface area contributed by atoms with Crippen LogP contribution in [0, 0.1) is 0 Å². The molecular weight excluding hydrogens is 393 g/mol. The highest BCUT2D eigenvalue weighted by Gasteiger charge is 2.35. The first kappa shape index (κ1) is 21.4. The minimum atomic E-state index is -4.59. The van der Waals surface area contributed by atoms with Crippen molar-refractivity contribution in [2.24, 2.45) is 0 Å². The molecule has 0 aliphatic rings. The summed E-state index contributed by atoms with van der Waals surface area (Å²) in [6.07, 6.45) is -3.82. The Kier molecular flexibility index (Phi) is 5.87. The molecule has 0 aliphatic carbocycles. The van der Waals surface area contributed by atoms with E-state index >= 15 is 0 Å². The summed E-state index contributed by atoms with van der Waals surface area (Å²) in [5.41, 5.74) is 1.20. The number of methoxy groups -OCH3 is 1. The van der Waals surface area contributed by atoms with Gasteiger partial charge in [-0.3, -0.25) is 0 Å². The smallest absolute Gasteiger partial charge is 0.421 e. The number of nitrogens with zero attached hydrogens (tertiary/aromatic N) is 2. The number of rotatable bonds is 5. The van der Waals surface area contributed by atoms with Gasteiger partial charge >= 0.3 is 6.18 Å². The van der Waals surface area contributed by atoms with Gasteiger partial charge in [0.05, 0.1) is 7.11 Å². The number of hydrogen-bond donors (Lipinski definition) is 2. The largest absolute Gasteiger partial charge is 0.497 e. The second kappa shape index (κ2) is 8.22. The average molecular weight is 416 g/mol. The molecule has 158 valence electrons. The average Bonchev–Trinajstić information content (AvgIpc) is 2.67. The summed E-state index contributed by atoms with van der Waals surface area (Å²) in [6, 6.07) is 14.1. The van der Waals surface area contributed by atoms with Gasteiger partial charge in [0.2, 0.25) is 5.95 Å². The van der Waals surface area contributed by atoms with E-state index < -0.39 is 11.7 Å². The van der Waals surface area contributed by atoms with Gasteiger partial charge in [-0.05, 0) is 47.4 Å². The summed E-state index contributed by atoms with van der Waals surface area (Å²) in [5.74, 6) is 0.383. The highest BCUT2D eigenvalue weighted by molar-refractivity contribution is 5.63. The van der Waals surface area contributed by atoms with Crippen LogP contribution in [0.15, 0.2) is 54.7 Å². The summed E-state index contributed by atoms with van der Waals surface area (Å²) in [6.45, 7) is 6.20. The van der Waals surface area contributed by atoms with Crippen molar-refractivity contribution in [3.8, 4) is 5.75 Å². The SMILES string of the molecule is COc1ccc(Nc2ncc(C(F)(F)F)c(Nc3ccc(C(C)(C)C)cc3)n2)cc1. The standard InChI is InChI=1S/C22H23F3N4O/c1-21(2,3)14-5-7-15(8-6-14)27-19-18(22(23,24)25)13-26-20(29-19)28-16-9-11-17(30-4)12-10-16/h5-13H,1-4H3,(H2,26,27,28,29). The predicted molar refractivity (Wildman–Crippen MR) is 112 cm³/mol. The maximum Gasteiger partial charge on any atom is 0.421 e. The quantitative estimate of drug-likeness (QED) is 0.512. The molecule has 2 N–H and O–H groups in total. The van der Waals surface area contributed by atoms with Crippen molar-refractivity contribution in [1.82, 2.24) is 9.97 Å². The lowest BCUT2D eigenvalue weighted by atomic mass is 9.87. The normalized spacial score (nSPS) is 11.8. The lowest BCUT2D eigenvalue weighted by Crippen LogP contribution is -2.13. The molecule has 0 amide bonds. The fourth-order valence-corrected chi connectivity index (χ4v) is 2.74. The van der Waals surface area contributed by atoms with Crippen LogP contribution in [-0.2, 0) is 11.6 Å². The van der Waals surface area contributed by atoms with Gasteiger partial charge in [-0.1, -0.05) is 32.9 Å². The highest BCUT2D eigenvalue weighted by Crippen LogP contribution is 2.35. The summed E-state index contributed by atoms with van der Waals surface area (Å²) in [5, 5.41) is 5.67. The van der Waals surface area contributed by atoms with Crippen LogP contribution >= 0.6 is 0 Å². The van der Waals surface area contributed by atoms with Crippen molar-refractivity contribution in [3.05, 3.63) is 65.9 Å². The van der Waals surface area contributed by atoms with Crippen molar-refractivity contribution in [2.75, 3.05) is 17.7 Å².